The molecule has 1 aliphatic carbocycles. The first-order valence-electron chi connectivity index (χ1n) is 6.32. The Labute approximate surface area is 107 Å². The van der Waals surface area contributed by atoms with Gasteiger partial charge in [0.2, 0.25) is 0 Å². The Balaban J connectivity index is 1.77. The summed E-state index contributed by atoms with van der Waals surface area (Å²) >= 11 is 0. The molecule has 4 nitrogen and oxygen atoms in total. The fraction of sp³-hybridized carbons (Fsp3) is 0.500. The Kier molecular flexibility index (Phi) is 4.20. The molecule has 0 aromatic heterocycles. The van der Waals surface area contributed by atoms with E-state index in [9.17, 15) is 9.90 Å². The number of hydrogen-bond acceptors (Lipinski definition) is 3. The third-order valence-electron chi connectivity index (χ3n) is 3.00. The van der Waals surface area contributed by atoms with Crippen LogP contribution in [0, 0.1) is 5.92 Å². The van der Waals surface area contributed by atoms with Crippen LogP contribution in [0.1, 0.15) is 31.4 Å². The summed E-state index contributed by atoms with van der Waals surface area (Å²) in [4.78, 5) is 11.5. The van der Waals surface area contributed by atoms with Gasteiger partial charge in [-0.15, -0.1) is 0 Å². The monoisotopic (exact) mass is 249 g/mol. The summed E-state index contributed by atoms with van der Waals surface area (Å²) in [7, 11) is 0. The van der Waals surface area contributed by atoms with Crippen LogP contribution >= 0.6 is 0 Å². The molecule has 1 saturated carbocycles. The zero-order chi connectivity index (χ0) is 13.0. The van der Waals surface area contributed by atoms with Crippen LogP contribution in [0.5, 0.6) is 5.75 Å². The van der Waals surface area contributed by atoms with Crippen LogP contribution in [0.4, 0.5) is 0 Å². The summed E-state index contributed by atoms with van der Waals surface area (Å²) in [5.74, 6) is 1.19. The van der Waals surface area contributed by atoms with Gasteiger partial charge in [0.05, 0.1) is 6.10 Å². The molecule has 2 N–H and O–H groups in total. The average molecular weight is 249 g/mol. The van der Waals surface area contributed by atoms with Crippen LogP contribution in [0.2, 0.25) is 0 Å². The molecule has 1 aliphatic rings. The predicted molar refractivity (Wildman–Crippen MR) is 68.3 cm³/mol. The van der Waals surface area contributed by atoms with E-state index in [0.29, 0.717) is 11.7 Å². The Morgan fingerprint density at radius 2 is 2.33 bits per heavy atom. The molecule has 1 aromatic carbocycles. The van der Waals surface area contributed by atoms with Crippen molar-refractivity contribution in [2.24, 2.45) is 5.92 Å². The fourth-order valence-corrected chi connectivity index (χ4v) is 1.64. The molecule has 1 aromatic rings. The molecule has 0 unspecified atom stereocenters. The van der Waals surface area contributed by atoms with E-state index in [2.05, 4.69) is 5.32 Å². The number of rotatable bonds is 6. The quantitative estimate of drug-likeness (QED) is 0.806. The Morgan fingerprint density at radius 1 is 1.56 bits per heavy atom. The van der Waals surface area contributed by atoms with E-state index < -0.39 is 6.10 Å². The highest BCUT2D eigenvalue weighted by Crippen LogP contribution is 2.27. The van der Waals surface area contributed by atoms with Crippen molar-refractivity contribution >= 4 is 5.91 Å². The molecule has 1 fully saturated rings. The van der Waals surface area contributed by atoms with Gasteiger partial charge in [-0.3, -0.25) is 4.79 Å². The summed E-state index contributed by atoms with van der Waals surface area (Å²) in [5.41, 5.74) is 0.783. The smallest absolute Gasteiger partial charge is 0.257 e. The Morgan fingerprint density at radius 3 is 3.00 bits per heavy atom. The molecule has 0 aliphatic heterocycles. The maximum absolute atomic E-state index is 11.5. The number of aliphatic hydroxyl groups is 1. The molecule has 1 atom stereocenters. The van der Waals surface area contributed by atoms with Crippen LogP contribution in [-0.2, 0) is 4.79 Å². The van der Waals surface area contributed by atoms with Gasteiger partial charge in [-0.25, -0.2) is 0 Å². The van der Waals surface area contributed by atoms with Crippen molar-refractivity contribution in [2.45, 2.75) is 25.9 Å². The lowest BCUT2D eigenvalue weighted by molar-refractivity contribution is -0.123. The van der Waals surface area contributed by atoms with Crippen molar-refractivity contribution in [3.63, 3.8) is 0 Å². The molecule has 2 rings (SSSR count). The van der Waals surface area contributed by atoms with Gasteiger partial charge in [0, 0.05) is 6.54 Å². The molecule has 0 bridgehead atoms. The van der Waals surface area contributed by atoms with E-state index in [1.807, 2.05) is 6.07 Å². The van der Waals surface area contributed by atoms with E-state index >= 15 is 0 Å². The second-order valence-electron chi connectivity index (χ2n) is 4.78. The third kappa shape index (κ3) is 4.04. The number of aliphatic hydroxyl groups excluding tert-OH is 1. The largest absolute Gasteiger partial charge is 0.484 e. The van der Waals surface area contributed by atoms with Gasteiger partial charge in [-0.2, -0.15) is 0 Å². The van der Waals surface area contributed by atoms with Crippen molar-refractivity contribution in [3.8, 4) is 5.75 Å². The van der Waals surface area contributed by atoms with E-state index in [1.54, 1.807) is 25.1 Å². The lowest BCUT2D eigenvalue weighted by atomic mass is 10.1. The number of amides is 1. The van der Waals surface area contributed by atoms with E-state index in [-0.39, 0.29) is 12.5 Å². The van der Waals surface area contributed by atoms with Crippen LogP contribution in [0.15, 0.2) is 24.3 Å². The SMILES string of the molecule is C[C@H](O)c1cccc(OCC(=O)NCC2CC2)c1. The van der Waals surface area contributed by atoms with Gasteiger partial charge in [0.25, 0.3) is 5.91 Å². The predicted octanol–water partition coefficient (Wildman–Crippen LogP) is 1.64. The molecule has 18 heavy (non-hydrogen) atoms. The van der Waals surface area contributed by atoms with E-state index in [4.69, 9.17) is 4.74 Å². The number of hydrogen-bond donors (Lipinski definition) is 2. The van der Waals surface area contributed by atoms with Crippen molar-refractivity contribution in [1.29, 1.82) is 0 Å². The molecule has 4 heteroatoms. The lowest BCUT2D eigenvalue weighted by Crippen LogP contribution is -2.30. The average Bonchev–Trinajstić information content (AvgIpc) is 3.18. The zero-order valence-corrected chi connectivity index (χ0v) is 10.6. The van der Waals surface area contributed by atoms with E-state index in [1.165, 1.54) is 12.8 Å². The summed E-state index contributed by atoms with van der Waals surface area (Å²) in [5, 5.41) is 12.3. The Bertz CT molecular complexity index is 413. The van der Waals surface area contributed by atoms with Gasteiger partial charge in [0.1, 0.15) is 5.75 Å². The molecule has 0 saturated heterocycles. The first-order chi connectivity index (χ1) is 8.65. The van der Waals surface area contributed by atoms with Crippen molar-refractivity contribution in [3.05, 3.63) is 29.8 Å². The number of carbonyl (C=O) groups excluding carboxylic acids is 1. The van der Waals surface area contributed by atoms with Gasteiger partial charge in [-0.05, 0) is 43.4 Å². The normalized spacial score (nSPS) is 16.1. The zero-order valence-electron chi connectivity index (χ0n) is 10.6. The fourth-order valence-electron chi connectivity index (χ4n) is 1.64. The van der Waals surface area contributed by atoms with Crippen LogP contribution in [-0.4, -0.2) is 24.2 Å². The number of nitrogens with one attached hydrogen (secondary N) is 1. The summed E-state index contributed by atoms with van der Waals surface area (Å²) in [6, 6.07) is 7.16. The van der Waals surface area contributed by atoms with Crippen molar-refractivity contribution < 1.29 is 14.6 Å². The molecule has 0 spiro atoms. The standard InChI is InChI=1S/C14H19NO3/c1-10(16)12-3-2-4-13(7-12)18-9-14(17)15-8-11-5-6-11/h2-4,7,10-11,16H,5-6,8-9H2,1H3,(H,15,17)/t10-/m0/s1. The van der Waals surface area contributed by atoms with Crippen LogP contribution in [0.3, 0.4) is 0 Å². The van der Waals surface area contributed by atoms with Gasteiger partial charge >= 0.3 is 0 Å². The van der Waals surface area contributed by atoms with E-state index in [0.717, 1.165) is 12.1 Å². The van der Waals surface area contributed by atoms with Gasteiger partial charge < -0.3 is 15.2 Å². The third-order valence-corrected chi connectivity index (χ3v) is 3.00. The molecular formula is C14H19NO3. The molecule has 0 heterocycles. The summed E-state index contributed by atoms with van der Waals surface area (Å²) in [6.45, 7) is 2.48. The minimum absolute atomic E-state index is 0.0238. The van der Waals surface area contributed by atoms with Crippen LogP contribution in [0.25, 0.3) is 0 Å². The highest BCUT2D eigenvalue weighted by atomic mass is 16.5. The highest BCUT2D eigenvalue weighted by Gasteiger charge is 2.21. The molecule has 1 amide bonds. The first kappa shape index (κ1) is 12.9. The minimum atomic E-state index is -0.530. The van der Waals surface area contributed by atoms with Gasteiger partial charge in [-0.1, -0.05) is 12.1 Å². The van der Waals surface area contributed by atoms with Crippen LogP contribution < -0.4 is 10.1 Å². The summed E-state index contributed by atoms with van der Waals surface area (Å²) < 4.78 is 5.39. The number of benzene rings is 1. The van der Waals surface area contributed by atoms with Crippen molar-refractivity contribution in [2.75, 3.05) is 13.2 Å². The lowest BCUT2D eigenvalue weighted by Gasteiger charge is -2.09. The topological polar surface area (TPSA) is 58.6 Å². The molecular weight excluding hydrogens is 230 g/mol. The Hall–Kier alpha value is -1.55. The van der Waals surface area contributed by atoms with Gasteiger partial charge in [0.15, 0.2) is 6.61 Å². The second kappa shape index (κ2) is 5.87. The number of ether oxygens (including phenoxy) is 1. The minimum Gasteiger partial charge on any atom is -0.484 e. The highest BCUT2D eigenvalue weighted by molar-refractivity contribution is 5.77. The maximum Gasteiger partial charge on any atom is 0.257 e. The maximum atomic E-state index is 11.5. The molecule has 98 valence electrons. The first-order valence-corrected chi connectivity index (χ1v) is 6.32. The second-order valence-corrected chi connectivity index (χ2v) is 4.78. The number of carbonyl (C=O) groups is 1. The summed E-state index contributed by atoms with van der Waals surface area (Å²) in [6.07, 6.45) is 1.91. The van der Waals surface area contributed by atoms with Crippen molar-refractivity contribution in [1.82, 2.24) is 5.32 Å². The molecule has 0 radical (unpaired) electrons.